The van der Waals surface area contributed by atoms with Crippen molar-refractivity contribution in [3.05, 3.63) is 21.9 Å². The molecule has 1 amide bonds. The maximum absolute atomic E-state index is 11.3. The van der Waals surface area contributed by atoms with Gasteiger partial charge in [-0.05, 0) is 18.6 Å². The Morgan fingerprint density at radius 1 is 1.50 bits per heavy atom. The Kier molecular flexibility index (Phi) is 3.64. The number of carbonyl (C=O) groups excluding carboxylic acids is 1. The van der Waals surface area contributed by atoms with Crippen molar-refractivity contribution in [2.75, 3.05) is 6.54 Å². The topological polar surface area (TPSA) is 66.4 Å². The van der Waals surface area contributed by atoms with E-state index in [2.05, 4.69) is 5.32 Å². The molecule has 1 heterocycles. The molecule has 14 heavy (non-hydrogen) atoms. The number of aryl methyl sites for hydroxylation is 1. The van der Waals surface area contributed by atoms with Gasteiger partial charge in [-0.2, -0.15) is 0 Å². The minimum atomic E-state index is -1.04. The first-order valence-electron chi connectivity index (χ1n) is 4.22. The van der Waals surface area contributed by atoms with Gasteiger partial charge < -0.3 is 10.4 Å². The first-order chi connectivity index (χ1) is 6.63. The predicted octanol–water partition coefficient (Wildman–Crippen LogP) is 1.12. The third-order valence-electron chi connectivity index (χ3n) is 1.63. The number of nitrogens with one attached hydrogen (secondary N) is 1. The third-order valence-corrected chi connectivity index (χ3v) is 2.86. The number of amides is 1. The Labute approximate surface area is 85.6 Å². The summed E-state index contributed by atoms with van der Waals surface area (Å²) >= 11 is 1.39. The van der Waals surface area contributed by atoms with E-state index in [1.807, 2.05) is 13.0 Å². The van der Waals surface area contributed by atoms with Crippen LogP contribution in [0.5, 0.6) is 0 Å². The van der Waals surface area contributed by atoms with E-state index in [-0.39, 0.29) is 12.5 Å². The molecule has 4 nitrogen and oxygen atoms in total. The van der Waals surface area contributed by atoms with Gasteiger partial charge in [0.2, 0.25) is 0 Å². The molecule has 0 atom stereocenters. The minimum Gasteiger partial charge on any atom is -0.480 e. The average Bonchev–Trinajstić information content (AvgIpc) is 2.62. The second-order valence-corrected chi connectivity index (χ2v) is 3.86. The number of thiophene rings is 1. The van der Waals surface area contributed by atoms with Crippen LogP contribution in [0.2, 0.25) is 0 Å². The zero-order valence-electron chi connectivity index (χ0n) is 7.74. The van der Waals surface area contributed by atoms with Gasteiger partial charge in [-0.15, -0.1) is 11.3 Å². The van der Waals surface area contributed by atoms with Gasteiger partial charge in [0, 0.05) is 4.88 Å². The van der Waals surface area contributed by atoms with Crippen molar-refractivity contribution in [1.29, 1.82) is 0 Å². The number of carbonyl (C=O) groups is 2. The summed E-state index contributed by atoms with van der Waals surface area (Å²) in [6.07, 6.45) is 0.886. The molecule has 1 aromatic rings. The first kappa shape index (κ1) is 10.7. The lowest BCUT2D eigenvalue weighted by Crippen LogP contribution is -2.28. The molecule has 0 aliphatic heterocycles. The highest BCUT2D eigenvalue weighted by Gasteiger charge is 2.09. The fraction of sp³-hybridized carbons (Fsp3) is 0.333. The maximum Gasteiger partial charge on any atom is 0.322 e. The van der Waals surface area contributed by atoms with E-state index in [1.54, 1.807) is 6.07 Å². The molecule has 0 radical (unpaired) electrons. The second kappa shape index (κ2) is 4.76. The van der Waals surface area contributed by atoms with E-state index in [0.29, 0.717) is 4.88 Å². The molecule has 0 saturated carbocycles. The molecule has 0 aliphatic carbocycles. The fourth-order valence-corrected chi connectivity index (χ4v) is 1.80. The van der Waals surface area contributed by atoms with Crippen LogP contribution in [0.1, 0.15) is 21.5 Å². The van der Waals surface area contributed by atoms with Gasteiger partial charge in [-0.25, -0.2) is 0 Å². The summed E-state index contributed by atoms with van der Waals surface area (Å²) in [6, 6.07) is 3.58. The SMILES string of the molecule is CCc1ccc(C(=O)NCC(=O)O)s1. The number of hydrogen-bond acceptors (Lipinski definition) is 3. The van der Waals surface area contributed by atoms with Gasteiger partial charge in [0.1, 0.15) is 6.54 Å². The largest absolute Gasteiger partial charge is 0.480 e. The summed E-state index contributed by atoms with van der Waals surface area (Å²) in [4.78, 5) is 23.2. The normalized spacial score (nSPS) is 9.79. The highest BCUT2D eigenvalue weighted by atomic mass is 32.1. The summed E-state index contributed by atoms with van der Waals surface area (Å²) < 4.78 is 0. The number of hydrogen-bond donors (Lipinski definition) is 2. The molecule has 1 rings (SSSR count). The lowest BCUT2D eigenvalue weighted by atomic mass is 10.3. The smallest absolute Gasteiger partial charge is 0.322 e. The van der Waals surface area contributed by atoms with Crippen LogP contribution in [-0.2, 0) is 11.2 Å². The molecular formula is C9H11NO3S. The monoisotopic (exact) mass is 213 g/mol. The van der Waals surface area contributed by atoms with Crippen molar-refractivity contribution in [3.63, 3.8) is 0 Å². The van der Waals surface area contributed by atoms with Crippen LogP contribution in [0.4, 0.5) is 0 Å². The summed E-state index contributed by atoms with van der Waals surface area (Å²) in [7, 11) is 0. The van der Waals surface area contributed by atoms with Gasteiger partial charge in [0.15, 0.2) is 0 Å². The number of carboxylic acids is 1. The molecule has 0 bridgehead atoms. The standard InChI is InChI=1S/C9H11NO3S/c1-2-6-3-4-7(14-6)9(13)10-5-8(11)12/h3-4H,2,5H2,1H3,(H,10,13)(H,11,12). The van der Waals surface area contributed by atoms with Crippen LogP contribution in [0, 0.1) is 0 Å². The number of carboxylic acid groups (broad SMARTS) is 1. The highest BCUT2D eigenvalue weighted by Crippen LogP contribution is 2.16. The average molecular weight is 213 g/mol. The molecule has 76 valence electrons. The Bertz CT molecular complexity index is 346. The van der Waals surface area contributed by atoms with Crippen molar-refractivity contribution in [3.8, 4) is 0 Å². The Balaban J connectivity index is 2.56. The van der Waals surface area contributed by atoms with Crippen LogP contribution in [0.25, 0.3) is 0 Å². The zero-order chi connectivity index (χ0) is 10.6. The first-order valence-corrected chi connectivity index (χ1v) is 5.04. The van der Waals surface area contributed by atoms with Gasteiger partial charge in [0.05, 0.1) is 4.88 Å². The van der Waals surface area contributed by atoms with Crippen molar-refractivity contribution in [1.82, 2.24) is 5.32 Å². The van der Waals surface area contributed by atoms with Crippen LogP contribution in [-0.4, -0.2) is 23.5 Å². The second-order valence-electron chi connectivity index (χ2n) is 2.70. The van der Waals surface area contributed by atoms with E-state index in [4.69, 9.17) is 5.11 Å². The molecule has 1 aromatic heterocycles. The molecule has 0 spiro atoms. The molecule has 0 unspecified atom stereocenters. The highest BCUT2D eigenvalue weighted by molar-refractivity contribution is 7.14. The number of rotatable bonds is 4. The van der Waals surface area contributed by atoms with Gasteiger partial charge in [0.25, 0.3) is 5.91 Å². The fourth-order valence-electron chi connectivity index (χ4n) is 0.933. The van der Waals surface area contributed by atoms with Crippen LogP contribution in [0.15, 0.2) is 12.1 Å². The lowest BCUT2D eigenvalue weighted by molar-refractivity contribution is -0.135. The molecule has 5 heteroatoms. The number of aliphatic carboxylic acids is 1. The van der Waals surface area contributed by atoms with E-state index in [9.17, 15) is 9.59 Å². The minimum absolute atomic E-state index is 0.322. The van der Waals surface area contributed by atoms with Crippen LogP contribution in [0.3, 0.4) is 0 Å². The van der Waals surface area contributed by atoms with Gasteiger partial charge >= 0.3 is 5.97 Å². The Morgan fingerprint density at radius 2 is 2.21 bits per heavy atom. The Morgan fingerprint density at radius 3 is 2.71 bits per heavy atom. The quantitative estimate of drug-likeness (QED) is 0.787. The van der Waals surface area contributed by atoms with Gasteiger partial charge in [-0.3, -0.25) is 9.59 Å². The summed E-state index contributed by atoms with van der Waals surface area (Å²) in [5.41, 5.74) is 0. The van der Waals surface area contributed by atoms with Crippen molar-refractivity contribution in [2.24, 2.45) is 0 Å². The molecule has 0 aromatic carbocycles. The lowest BCUT2D eigenvalue weighted by Gasteiger charge is -1.97. The molecule has 0 aliphatic rings. The summed E-state index contributed by atoms with van der Waals surface area (Å²) in [5, 5.41) is 10.7. The summed E-state index contributed by atoms with van der Waals surface area (Å²) in [5.74, 6) is -1.36. The van der Waals surface area contributed by atoms with Crippen molar-refractivity contribution >= 4 is 23.2 Å². The Hall–Kier alpha value is -1.36. The molecular weight excluding hydrogens is 202 g/mol. The van der Waals surface area contributed by atoms with Crippen molar-refractivity contribution in [2.45, 2.75) is 13.3 Å². The van der Waals surface area contributed by atoms with E-state index >= 15 is 0 Å². The predicted molar refractivity (Wildman–Crippen MR) is 53.7 cm³/mol. The van der Waals surface area contributed by atoms with Crippen LogP contribution < -0.4 is 5.32 Å². The van der Waals surface area contributed by atoms with E-state index < -0.39 is 5.97 Å². The molecule has 0 saturated heterocycles. The van der Waals surface area contributed by atoms with E-state index in [0.717, 1.165) is 11.3 Å². The van der Waals surface area contributed by atoms with Crippen molar-refractivity contribution < 1.29 is 14.7 Å². The molecule has 0 fully saturated rings. The summed E-state index contributed by atoms with van der Waals surface area (Å²) in [6.45, 7) is 1.67. The zero-order valence-corrected chi connectivity index (χ0v) is 8.56. The third kappa shape index (κ3) is 2.85. The molecule has 2 N–H and O–H groups in total. The van der Waals surface area contributed by atoms with Crippen LogP contribution >= 0.6 is 11.3 Å². The van der Waals surface area contributed by atoms with Gasteiger partial charge in [-0.1, -0.05) is 6.92 Å². The van der Waals surface area contributed by atoms with E-state index in [1.165, 1.54) is 11.3 Å². The maximum atomic E-state index is 11.3.